The molecule has 21 heavy (non-hydrogen) atoms. The zero-order valence-electron chi connectivity index (χ0n) is 12.3. The van der Waals surface area contributed by atoms with Crippen molar-refractivity contribution in [3.63, 3.8) is 0 Å². The topological polar surface area (TPSA) is 24.1 Å². The number of anilines is 3. The number of nitrogens with one attached hydrogen (secondary N) is 2. The Balaban J connectivity index is 1.52. The third-order valence-electron chi connectivity index (χ3n) is 5.06. The van der Waals surface area contributed by atoms with E-state index in [2.05, 4.69) is 59.2 Å². The van der Waals surface area contributed by atoms with Crippen molar-refractivity contribution in [1.29, 1.82) is 0 Å². The van der Waals surface area contributed by atoms with Gasteiger partial charge in [-0.3, -0.25) is 0 Å². The van der Waals surface area contributed by atoms with Crippen LogP contribution in [0.4, 0.5) is 17.1 Å². The maximum atomic E-state index is 3.80. The van der Waals surface area contributed by atoms with Gasteiger partial charge >= 0.3 is 0 Å². The van der Waals surface area contributed by atoms with E-state index in [1.807, 2.05) is 6.07 Å². The summed E-state index contributed by atoms with van der Waals surface area (Å²) < 4.78 is 0. The fraction of sp³-hybridized carbons (Fsp3) is 0.368. The molecule has 0 radical (unpaired) electrons. The molecule has 2 aromatic carbocycles. The average Bonchev–Trinajstić information content (AvgIpc) is 3.13. The maximum Gasteiger partial charge on any atom is 0.0620 e. The van der Waals surface area contributed by atoms with Crippen LogP contribution in [0.3, 0.4) is 0 Å². The number of benzene rings is 2. The van der Waals surface area contributed by atoms with Gasteiger partial charge in [-0.1, -0.05) is 36.8 Å². The van der Waals surface area contributed by atoms with Crippen LogP contribution in [0.15, 0.2) is 54.6 Å². The van der Waals surface area contributed by atoms with Crippen LogP contribution in [0.1, 0.15) is 25.7 Å². The first-order valence-corrected chi connectivity index (χ1v) is 8.06. The van der Waals surface area contributed by atoms with E-state index >= 15 is 0 Å². The monoisotopic (exact) mass is 278 g/mol. The van der Waals surface area contributed by atoms with Gasteiger partial charge in [0.05, 0.1) is 11.4 Å². The number of rotatable bonds is 4. The molecule has 2 aromatic rings. The summed E-state index contributed by atoms with van der Waals surface area (Å²) in [5.74, 6) is 1.86. The molecule has 2 nitrogen and oxygen atoms in total. The van der Waals surface area contributed by atoms with E-state index in [0.717, 1.165) is 17.5 Å². The number of hydrogen-bond donors (Lipinski definition) is 2. The number of fused-ring (bicyclic) bond motifs is 2. The van der Waals surface area contributed by atoms with Crippen molar-refractivity contribution < 1.29 is 0 Å². The van der Waals surface area contributed by atoms with Gasteiger partial charge in [-0.25, -0.2) is 0 Å². The van der Waals surface area contributed by atoms with E-state index < -0.39 is 0 Å². The smallest absolute Gasteiger partial charge is 0.0620 e. The first-order valence-electron chi connectivity index (χ1n) is 8.06. The van der Waals surface area contributed by atoms with Gasteiger partial charge in [-0.2, -0.15) is 0 Å². The summed E-state index contributed by atoms with van der Waals surface area (Å²) in [7, 11) is 0. The van der Waals surface area contributed by atoms with E-state index in [4.69, 9.17) is 0 Å². The Bertz CT molecular complexity index is 608. The molecule has 2 bridgehead atoms. The van der Waals surface area contributed by atoms with E-state index in [-0.39, 0.29) is 0 Å². The van der Waals surface area contributed by atoms with Gasteiger partial charge in [0.15, 0.2) is 0 Å². The highest BCUT2D eigenvalue weighted by Gasteiger charge is 2.39. The molecule has 0 heterocycles. The Morgan fingerprint density at radius 2 is 1.52 bits per heavy atom. The lowest BCUT2D eigenvalue weighted by Crippen LogP contribution is -2.26. The number of para-hydroxylation sites is 3. The Hall–Kier alpha value is -1.96. The van der Waals surface area contributed by atoms with Crippen molar-refractivity contribution in [3.8, 4) is 0 Å². The first kappa shape index (κ1) is 12.8. The van der Waals surface area contributed by atoms with Gasteiger partial charge in [-0.05, 0) is 55.4 Å². The Morgan fingerprint density at radius 1 is 0.762 bits per heavy atom. The highest BCUT2D eigenvalue weighted by molar-refractivity contribution is 5.74. The highest BCUT2D eigenvalue weighted by Crippen LogP contribution is 2.46. The van der Waals surface area contributed by atoms with Crippen molar-refractivity contribution in [2.24, 2.45) is 11.8 Å². The zero-order valence-corrected chi connectivity index (χ0v) is 12.3. The molecule has 3 atom stereocenters. The van der Waals surface area contributed by atoms with Crippen LogP contribution in [-0.2, 0) is 0 Å². The standard InChI is InChI=1S/C19H22N2/c1-2-6-16(7-3-1)20-17-8-4-5-9-18(17)21-19-13-14-10-11-15(19)12-14/h1-9,14-15,19-21H,10-13H2/t14-,15-,19-/m0/s1. The Kier molecular flexibility index (Phi) is 3.30. The minimum Gasteiger partial charge on any atom is -0.380 e. The van der Waals surface area contributed by atoms with E-state index in [1.165, 1.54) is 37.1 Å². The molecule has 0 aromatic heterocycles. The van der Waals surface area contributed by atoms with Crippen molar-refractivity contribution in [1.82, 2.24) is 0 Å². The summed E-state index contributed by atoms with van der Waals surface area (Å²) in [6.07, 6.45) is 5.65. The van der Waals surface area contributed by atoms with Gasteiger partial charge in [0, 0.05) is 11.7 Å². The summed E-state index contributed by atoms with van der Waals surface area (Å²) >= 11 is 0. The summed E-state index contributed by atoms with van der Waals surface area (Å²) in [6.45, 7) is 0. The number of hydrogen-bond acceptors (Lipinski definition) is 2. The predicted molar refractivity (Wildman–Crippen MR) is 89.0 cm³/mol. The van der Waals surface area contributed by atoms with Crippen molar-refractivity contribution >= 4 is 17.1 Å². The molecule has 4 rings (SSSR count). The maximum absolute atomic E-state index is 3.80. The van der Waals surface area contributed by atoms with Crippen LogP contribution >= 0.6 is 0 Å². The molecule has 0 amide bonds. The lowest BCUT2D eigenvalue weighted by molar-refractivity contribution is 0.440. The summed E-state index contributed by atoms with van der Waals surface area (Å²) in [6, 6.07) is 19.6. The second-order valence-electron chi connectivity index (χ2n) is 6.46. The van der Waals surface area contributed by atoms with Crippen LogP contribution in [0, 0.1) is 11.8 Å². The SMILES string of the molecule is c1ccc(Nc2ccccc2N[C@H]2C[C@H]3CC[C@H]2C3)cc1. The molecule has 2 aliphatic carbocycles. The van der Waals surface area contributed by atoms with Crippen LogP contribution in [0.5, 0.6) is 0 Å². The van der Waals surface area contributed by atoms with Crippen LogP contribution in [0.25, 0.3) is 0 Å². The molecule has 0 aliphatic heterocycles. The van der Waals surface area contributed by atoms with Crippen LogP contribution in [-0.4, -0.2) is 6.04 Å². The molecule has 0 unspecified atom stereocenters. The van der Waals surface area contributed by atoms with Gasteiger partial charge in [0.1, 0.15) is 0 Å². The van der Waals surface area contributed by atoms with E-state index in [9.17, 15) is 0 Å². The van der Waals surface area contributed by atoms with Crippen molar-refractivity contribution in [2.75, 3.05) is 10.6 Å². The second-order valence-corrected chi connectivity index (χ2v) is 6.46. The van der Waals surface area contributed by atoms with Gasteiger partial charge in [0.25, 0.3) is 0 Å². The second kappa shape index (κ2) is 5.44. The fourth-order valence-corrected chi connectivity index (χ4v) is 4.02. The molecule has 0 spiro atoms. The Morgan fingerprint density at radius 3 is 2.24 bits per heavy atom. The van der Waals surface area contributed by atoms with Gasteiger partial charge < -0.3 is 10.6 Å². The molecular weight excluding hydrogens is 256 g/mol. The Labute approximate surface area is 126 Å². The largest absolute Gasteiger partial charge is 0.380 e. The normalized spacial score (nSPS) is 26.8. The molecule has 108 valence electrons. The van der Waals surface area contributed by atoms with Gasteiger partial charge in [-0.15, -0.1) is 0 Å². The average molecular weight is 278 g/mol. The summed E-state index contributed by atoms with van der Waals surface area (Å²) in [5.41, 5.74) is 3.55. The molecule has 2 heteroatoms. The molecule has 2 aliphatic rings. The third kappa shape index (κ3) is 2.63. The first-order chi connectivity index (χ1) is 10.4. The zero-order chi connectivity index (χ0) is 14.1. The summed E-state index contributed by atoms with van der Waals surface area (Å²) in [4.78, 5) is 0. The summed E-state index contributed by atoms with van der Waals surface area (Å²) in [5, 5.41) is 7.33. The fourth-order valence-electron chi connectivity index (χ4n) is 4.02. The minimum atomic E-state index is 0.669. The molecule has 2 N–H and O–H groups in total. The van der Waals surface area contributed by atoms with Crippen molar-refractivity contribution in [2.45, 2.75) is 31.7 Å². The highest BCUT2D eigenvalue weighted by atomic mass is 15.0. The lowest BCUT2D eigenvalue weighted by atomic mass is 9.95. The predicted octanol–water partition coefficient (Wildman–Crippen LogP) is 5.03. The van der Waals surface area contributed by atoms with E-state index in [1.54, 1.807) is 0 Å². The van der Waals surface area contributed by atoms with Crippen molar-refractivity contribution in [3.05, 3.63) is 54.6 Å². The minimum absolute atomic E-state index is 0.669. The van der Waals surface area contributed by atoms with Gasteiger partial charge in [0.2, 0.25) is 0 Å². The molecular formula is C19H22N2. The quantitative estimate of drug-likeness (QED) is 0.819. The van der Waals surface area contributed by atoms with Crippen LogP contribution < -0.4 is 10.6 Å². The van der Waals surface area contributed by atoms with Crippen LogP contribution in [0.2, 0.25) is 0 Å². The molecule has 0 saturated heterocycles. The third-order valence-corrected chi connectivity index (χ3v) is 5.06. The molecule has 2 saturated carbocycles. The molecule has 2 fully saturated rings. The lowest BCUT2D eigenvalue weighted by Gasteiger charge is -2.25. The van der Waals surface area contributed by atoms with E-state index in [0.29, 0.717) is 6.04 Å².